The van der Waals surface area contributed by atoms with Gasteiger partial charge in [0.25, 0.3) is 0 Å². The molecule has 0 saturated carbocycles. The molecule has 2 heterocycles. The Morgan fingerprint density at radius 2 is 1.81 bits per heavy atom. The van der Waals surface area contributed by atoms with Crippen LogP contribution in [0.4, 0.5) is 18.9 Å². The maximum atomic E-state index is 14.0. The highest BCUT2D eigenvalue weighted by Gasteiger charge is 2.36. The van der Waals surface area contributed by atoms with Crippen molar-refractivity contribution in [2.24, 2.45) is 17.6 Å². The minimum absolute atomic E-state index is 0.196. The number of nitrogens with zero attached hydrogens (tertiary/aromatic N) is 3. The lowest BCUT2D eigenvalue weighted by atomic mass is 9.92. The number of nitrogens with two attached hydrogens (primary N) is 1. The van der Waals surface area contributed by atoms with E-state index in [0.29, 0.717) is 65.2 Å². The van der Waals surface area contributed by atoms with Gasteiger partial charge in [-0.05, 0) is 66.3 Å². The van der Waals surface area contributed by atoms with Crippen LogP contribution in [0.5, 0.6) is 0 Å². The van der Waals surface area contributed by atoms with Crippen molar-refractivity contribution in [3.63, 3.8) is 0 Å². The number of carbonyl (C=O) groups excluding carboxylic acids is 1. The molecular weight excluding hydrogens is 608 g/mol. The highest BCUT2D eigenvalue weighted by molar-refractivity contribution is 7.96. The van der Waals surface area contributed by atoms with Gasteiger partial charge in [-0.25, -0.2) is 0 Å². The normalized spacial score (nSPS) is 17.5. The molecule has 2 N–H and O–H groups in total. The van der Waals surface area contributed by atoms with E-state index in [-0.39, 0.29) is 18.2 Å². The van der Waals surface area contributed by atoms with Crippen LogP contribution in [0.25, 0.3) is 0 Å². The fourth-order valence-corrected chi connectivity index (χ4v) is 6.29. The van der Waals surface area contributed by atoms with E-state index in [2.05, 4.69) is 0 Å². The number of piperazine rings is 1. The summed E-state index contributed by atoms with van der Waals surface area (Å²) in [5, 5.41) is 15.4. The largest absolute Gasteiger partial charge is 0.611 e. The maximum Gasteiger partial charge on any atom is 0.416 e. The summed E-state index contributed by atoms with van der Waals surface area (Å²) >= 11 is 13.4. The highest BCUT2D eigenvalue weighted by atomic mass is 35.5. The summed E-state index contributed by atoms with van der Waals surface area (Å²) in [6.07, 6.45) is 1.33. The molecule has 0 radical (unpaired) electrons. The number of allylic oxidation sites excluding steroid dienone is 3. The van der Waals surface area contributed by atoms with Crippen LogP contribution in [-0.2, 0) is 17.4 Å². The number of hydrogen-bond donors (Lipinski definition) is 1. The van der Waals surface area contributed by atoms with Gasteiger partial charge in [0, 0.05) is 59.4 Å². The first-order valence-electron chi connectivity index (χ1n) is 13.6. The molecule has 0 bridgehead atoms. The van der Waals surface area contributed by atoms with Crippen molar-refractivity contribution in [3.8, 4) is 0 Å². The van der Waals surface area contributed by atoms with Crippen molar-refractivity contribution in [1.82, 2.24) is 4.90 Å². The first kappa shape index (κ1) is 32.3. The van der Waals surface area contributed by atoms with E-state index >= 15 is 0 Å². The Kier molecular flexibility index (Phi) is 10.6. The molecule has 0 aliphatic carbocycles. The molecule has 2 aliphatic rings. The monoisotopic (exact) mass is 640 g/mol. The van der Waals surface area contributed by atoms with Crippen LogP contribution in [0, 0.1) is 17.0 Å². The van der Waals surface area contributed by atoms with E-state index in [1.54, 1.807) is 46.7 Å². The van der Waals surface area contributed by atoms with Crippen molar-refractivity contribution in [2.45, 2.75) is 38.9 Å². The Morgan fingerprint density at radius 3 is 2.45 bits per heavy atom. The van der Waals surface area contributed by atoms with Crippen LogP contribution in [0.15, 0.2) is 60.0 Å². The van der Waals surface area contributed by atoms with E-state index in [0.717, 1.165) is 28.2 Å². The summed E-state index contributed by atoms with van der Waals surface area (Å²) in [4.78, 5) is 17.6. The van der Waals surface area contributed by atoms with Gasteiger partial charge in [0.2, 0.25) is 23.6 Å². The molecule has 0 aromatic heterocycles. The number of benzene rings is 2. The Morgan fingerprint density at radius 1 is 1.10 bits per heavy atom. The summed E-state index contributed by atoms with van der Waals surface area (Å²) in [6.45, 7) is 5.40. The summed E-state index contributed by atoms with van der Waals surface area (Å²) in [5.74, 6) is -0.835. The molecule has 2 aliphatic heterocycles. The SMILES string of the molecule is CC(C)CC(N)c1cc(C(F)(F)F)ccc1N1CCN(C(=O)C(Cc2ccc(Cl)cc2Cl)C2=[N+]([O-])SC=CC=C2)CC1. The third kappa shape index (κ3) is 7.83. The number of halogens is 5. The number of anilines is 1. The second-order valence-electron chi connectivity index (χ2n) is 10.8. The molecule has 2 aromatic rings. The zero-order valence-electron chi connectivity index (χ0n) is 23.3. The lowest BCUT2D eigenvalue weighted by Gasteiger charge is -2.39. The van der Waals surface area contributed by atoms with Crippen molar-refractivity contribution in [1.29, 1.82) is 0 Å². The lowest BCUT2D eigenvalue weighted by Crippen LogP contribution is -2.52. The van der Waals surface area contributed by atoms with Gasteiger partial charge in [-0.3, -0.25) is 4.79 Å². The predicted octanol–water partition coefficient (Wildman–Crippen LogP) is 7.25. The molecule has 1 fully saturated rings. The van der Waals surface area contributed by atoms with Crippen LogP contribution in [0.2, 0.25) is 10.0 Å². The third-order valence-corrected chi connectivity index (χ3v) is 8.60. The van der Waals surface area contributed by atoms with Crippen molar-refractivity contribution in [2.75, 3.05) is 31.1 Å². The number of rotatable bonds is 8. The van der Waals surface area contributed by atoms with Gasteiger partial charge in [-0.2, -0.15) is 13.2 Å². The first-order chi connectivity index (χ1) is 19.8. The van der Waals surface area contributed by atoms with Crippen molar-refractivity contribution in [3.05, 3.63) is 92.0 Å². The first-order valence-corrected chi connectivity index (χ1v) is 15.2. The van der Waals surface area contributed by atoms with E-state index < -0.39 is 23.7 Å². The van der Waals surface area contributed by atoms with Gasteiger partial charge in [0.15, 0.2) is 0 Å². The number of alkyl halides is 3. The quantitative estimate of drug-likeness (QED) is 0.187. The standard InChI is InChI=1S/C30H33Cl2F3N4O2S/c1-19(2)15-26(36)23-17-21(30(33,34)35)7-9-27(23)37-10-12-38(13-11-37)29(40)24(28-5-3-4-14-42-39(28)41)16-20-6-8-22(31)18-25(20)32/h3-9,14,17-19,24,26H,10-13,15-16,36H2,1-2H3. The molecule has 2 unspecified atom stereocenters. The Balaban J connectivity index is 1.58. The van der Waals surface area contributed by atoms with Crippen molar-refractivity contribution < 1.29 is 22.1 Å². The Bertz CT molecular complexity index is 1390. The summed E-state index contributed by atoms with van der Waals surface area (Å²) in [5.41, 5.74) is 7.74. The number of carbonyl (C=O) groups is 1. The van der Waals surface area contributed by atoms with Gasteiger partial charge in [0.1, 0.15) is 5.92 Å². The number of hydrogen-bond acceptors (Lipinski definition) is 5. The van der Waals surface area contributed by atoms with E-state index in [1.807, 2.05) is 18.7 Å². The Hall–Kier alpha value is -2.66. The molecule has 2 aromatic carbocycles. The topological polar surface area (TPSA) is 75.6 Å². The molecule has 4 rings (SSSR count). The van der Waals surface area contributed by atoms with Crippen LogP contribution >= 0.6 is 35.1 Å². The van der Waals surface area contributed by atoms with Gasteiger partial charge < -0.3 is 20.7 Å². The molecular formula is C30H33Cl2F3N4O2S. The van der Waals surface area contributed by atoms with Crippen LogP contribution in [-0.4, -0.2) is 46.8 Å². The van der Waals surface area contributed by atoms with E-state index in [1.165, 1.54) is 6.07 Å². The average Bonchev–Trinajstić information content (AvgIpc) is 3.15. The fraction of sp³-hybridized carbons (Fsp3) is 0.400. The molecule has 12 heteroatoms. The molecule has 42 heavy (non-hydrogen) atoms. The molecule has 226 valence electrons. The maximum absolute atomic E-state index is 14.0. The number of amides is 1. The van der Waals surface area contributed by atoms with Gasteiger partial charge in [-0.1, -0.05) is 49.2 Å². The lowest BCUT2D eigenvalue weighted by molar-refractivity contribution is -0.259. The third-order valence-electron chi connectivity index (χ3n) is 7.33. The minimum atomic E-state index is -4.48. The summed E-state index contributed by atoms with van der Waals surface area (Å²) in [7, 11) is 0. The summed E-state index contributed by atoms with van der Waals surface area (Å²) in [6, 6.07) is 8.17. The molecule has 1 amide bonds. The average molecular weight is 642 g/mol. The smallest absolute Gasteiger partial charge is 0.416 e. The van der Waals surface area contributed by atoms with Crippen LogP contribution in [0.1, 0.15) is 43.0 Å². The predicted molar refractivity (Wildman–Crippen MR) is 165 cm³/mol. The van der Waals surface area contributed by atoms with Gasteiger partial charge >= 0.3 is 6.18 Å². The van der Waals surface area contributed by atoms with Crippen LogP contribution < -0.4 is 10.6 Å². The van der Waals surface area contributed by atoms with Gasteiger partial charge in [-0.15, -0.1) is 4.14 Å². The summed E-state index contributed by atoms with van der Waals surface area (Å²) < 4.78 is 41.3. The van der Waals surface area contributed by atoms with E-state index in [9.17, 15) is 23.2 Å². The molecule has 0 spiro atoms. The van der Waals surface area contributed by atoms with E-state index in [4.69, 9.17) is 28.9 Å². The fourth-order valence-electron chi connectivity index (χ4n) is 5.22. The Labute approximate surface area is 258 Å². The molecule has 1 saturated heterocycles. The molecule has 2 atom stereocenters. The zero-order valence-corrected chi connectivity index (χ0v) is 25.6. The highest BCUT2D eigenvalue weighted by Crippen LogP contribution is 2.37. The second-order valence-corrected chi connectivity index (χ2v) is 12.4. The minimum Gasteiger partial charge on any atom is -0.611 e. The molecule has 6 nitrogen and oxygen atoms in total. The van der Waals surface area contributed by atoms with Crippen molar-refractivity contribution >= 4 is 52.5 Å². The van der Waals surface area contributed by atoms with Crippen LogP contribution in [0.3, 0.4) is 0 Å². The van der Waals surface area contributed by atoms with Gasteiger partial charge in [0.05, 0.1) is 5.56 Å². The zero-order chi connectivity index (χ0) is 30.6. The second kappa shape index (κ2) is 13.8.